The van der Waals surface area contributed by atoms with Crippen molar-refractivity contribution in [2.24, 2.45) is 0 Å². The number of aliphatic hydroxyl groups excluding tert-OH is 1. The van der Waals surface area contributed by atoms with Gasteiger partial charge in [0.25, 0.3) is 0 Å². The van der Waals surface area contributed by atoms with E-state index in [1.807, 2.05) is 0 Å². The third-order valence-electron chi connectivity index (χ3n) is 2.00. The van der Waals surface area contributed by atoms with E-state index >= 15 is 0 Å². The number of hydrogen-bond acceptors (Lipinski definition) is 3. The number of rotatable bonds is 5. The lowest BCUT2D eigenvalue weighted by Gasteiger charge is -2.11. The number of unbranched alkanes of at least 4 members (excludes halogenated alkanes) is 1. The zero-order chi connectivity index (χ0) is 10.4. The van der Waals surface area contributed by atoms with Gasteiger partial charge in [-0.2, -0.15) is 0 Å². The van der Waals surface area contributed by atoms with E-state index < -0.39 is 6.29 Å². The number of anilines is 1. The summed E-state index contributed by atoms with van der Waals surface area (Å²) in [6.07, 6.45) is 1.20. The molecule has 3 N–H and O–H groups in total. The van der Waals surface area contributed by atoms with E-state index in [4.69, 9.17) is 10.5 Å². The maximum Gasteiger partial charge on any atom is 0.181 e. The van der Waals surface area contributed by atoms with Gasteiger partial charge < -0.3 is 15.6 Å². The summed E-state index contributed by atoms with van der Waals surface area (Å²) in [5.74, 6) is 0. The summed E-state index contributed by atoms with van der Waals surface area (Å²) in [5, 5.41) is 9.57. The second-order valence-electron chi connectivity index (χ2n) is 3.24. The van der Waals surface area contributed by atoms with Gasteiger partial charge in [-0.25, -0.2) is 0 Å². The fourth-order valence-electron chi connectivity index (χ4n) is 1.10. The standard InChI is InChI=1S/C11H17NO2/c1-2-3-8-14-11(13)9-4-6-10(12)7-5-9/h4-7,11,13H,2-3,8,12H2,1H3. The fraction of sp³-hybridized carbons (Fsp3) is 0.455. The van der Waals surface area contributed by atoms with Crippen molar-refractivity contribution < 1.29 is 9.84 Å². The molecule has 14 heavy (non-hydrogen) atoms. The largest absolute Gasteiger partial charge is 0.399 e. The van der Waals surface area contributed by atoms with Gasteiger partial charge in [-0.15, -0.1) is 0 Å². The highest BCUT2D eigenvalue weighted by Crippen LogP contribution is 2.15. The molecule has 0 fully saturated rings. The van der Waals surface area contributed by atoms with Crippen LogP contribution < -0.4 is 5.73 Å². The van der Waals surface area contributed by atoms with Crippen LogP contribution in [0.2, 0.25) is 0 Å². The summed E-state index contributed by atoms with van der Waals surface area (Å²) in [5.41, 5.74) is 6.96. The van der Waals surface area contributed by atoms with Crippen LogP contribution >= 0.6 is 0 Å². The Balaban J connectivity index is 2.43. The molecule has 1 aromatic rings. The lowest BCUT2D eigenvalue weighted by Crippen LogP contribution is -2.04. The molecular formula is C11H17NO2. The molecule has 1 aromatic carbocycles. The summed E-state index contributed by atoms with van der Waals surface area (Å²) in [6, 6.07) is 7.04. The average Bonchev–Trinajstić information content (AvgIpc) is 2.19. The predicted molar refractivity (Wildman–Crippen MR) is 56.7 cm³/mol. The van der Waals surface area contributed by atoms with Crippen LogP contribution in [-0.2, 0) is 4.74 Å². The molecule has 0 aromatic heterocycles. The van der Waals surface area contributed by atoms with Crippen LogP contribution in [0, 0.1) is 0 Å². The molecule has 1 rings (SSSR count). The molecule has 3 heteroatoms. The topological polar surface area (TPSA) is 55.5 Å². The first-order valence-electron chi connectivity index (χ1n) is 4.89. The maximum atomic E-state index is 9.57. The van der Waals surface area contributed by atoms with Crippen LogP contribution in [0.25, 0.3) is 0 Å². The highest BCUT2D eigenvalue weighted by atomic mass is 16.6. The molecule has 0 aliphatic heterocycles. The van der Waals surface area contributed by atoms with Crippen LogP contribution in [0.15, 0.2) is 24.3 Å². The smallest absolute Gasteiger partial charge is 0.181 e. The van der Waals surface area contributed by atoms with Crippen molar-refractivity contribution in [3.8, 4) is 0 Å². The van der Waals surface area contributed by atoms with Crippen LogP contribution in [-0.4, -0.2) is 11.7 Å². The van der Waals surface area contributed by atoms with Crippen molar-refractivity contribution in [1.82, 2.24) is 0 Å². The van der Waals surface area contributed by atoms with Crippen molar-refractivity contribution in [3.05, 3.63) is 29.8 Å². The van der Waals surface area contributed by atoms with Crippen molar-refractivity contribution in [1.29, 1.82) is 0 Å². The molecule has 0 aliphatic carbocycles. The molecule has 0 aliphatic rings. The number of benzene rings is 1. The van der Waals surface area contributed by atoms with Gasteiger partial charge in [0.2, 0.25) is 0 Å². The minimum Gasteiger partial charge on any atom is -0.399 e. The van der Waals surface area contributed by atoms with Crippen molar-refractivity contribution in [2.75, 3.05) is 12.3 Å². The number of aliphatic hydroxyl groups is 1. The van der Waals surface area contributed by atoms with Crippen LogP contribution in [0.4, 0.5) is 5.69 Å². The van der Waals surface area contributed by atoms with Gasteiger partial charge in [0.05, 0.1) is 6.61 Å². The molecule has 0 saturated carbocycles. The second-order valence-corrected chi connectivity index (χ2v) is 3.24. The highest BCUT2D eigenvalue weighted by molar-refractivity contribution is 5.39. The molecule has 0 radical (unpaired) electrons. The highest BCUT2D eigenvalue weighted by Gasteiger charge is 2.05. The zero-order valence-electron chi connectivity index (χ0n) is 8.44. The Morgan fingerprint density at radius 3 is 2.57 bits per heavy atom. The Bertz CT molecular complexity index is 258. The van der Waals surface area contributed by atoms with E-state index in [-0.39, 0.29) is 0 Å². The first-order chi connectivity index (χ1) is 6.74. The summed E-state index contributed by atoms with van der Waals surface area (Å²) < 4.78 is 5.22. The van der Waals surface area contributed by atoms with Gasteiger partial charge in [0.15, 0.2) is 6.29 Å². The molecule has 3 nitrogen and oxygen atoms in total. The summed E-state index contributed by atoms with van der Waals surface area (Å²) >= 11 is 0. The number of hydrogen-bond donors (Lipinski definition) is 2. The third-order valence-corrected chi connectivity index (χ3v) is 2.00. The molecule has 0 bridgehead atoms. The minimum absolute atomic E-state index is 0.585. The van der Waals surface area contributed by atoms with Crippen LogP contribution in [0.3, 0.4) is 0 Å². The molecule has 1 unspecified atom stereocenters. The first kappa shape index (κ1) is 11.0. The Morgan fingerprint density at radius 1 is 1.36 bits per heavy atom. The Labute approximate surface area is 84.5 Å². The quantitative estimate of drug-likeness (QED) is 0.429. The first-order valence-corrected chi connectivity index (χ1v) is 4.89. The predicted octanol–water partition coefficient (Wildman–Crippen LogP) is 2.08. The van der Waals surface area contributed by atoms with E-state index in [9.17, 15) is 5.11 Å². The Hall–Kier alpha value is -1.06. The third kappa shape index (κ3) is 3.36. The number of ether oxygens (including phenoxy) is 1. The summed E-state index contributed by atoms with van der Waals surface area (Å²) in [7, 11) is 0. The SMILES string of the molecule is CCCCOC(O)c1ccc(N)cc1. The fourth-order valence-corrected chi connectivity index (χ4v) is 1.10. The molecule has 1 atom stereocenters. The van der Waals surface area contributed by atoms with E-state index in [1.165, 1.54) is 0 Å². The average molecular weight is 195 g/mol. The van der Waals surface area contributed by atoms with Gasteiger partial charge in [-0.3, -0.25) is 0 Å². The number of nitrogen functional groups attached to an aromatic ring is 1. The molecule has 0 amide bonds. The van der Waals surface area contributed by atoms with E-state index in [2.05, 4.69) is 6.92 Å². The Morgan fingerprint density at radius 2 is 2.00 bits per heavy atom. The van der Waals surface area contributed by atoms with Gasteiger partial charge in [-0.05, 0) is 18.6 Å². The van der Waals surface area contributed by atoms with Crippen molar-refractivity contribution >= 4 is 5.69 Å². The molecule has 0 saturated heterocycles. The molecule has 0 heterocycles. The Kier molecular flexibility index (Phi) is 4.43. The molecule has 78 valence electrons. The zero-order valence-corrected chi connectivity index (χ0v) is 8.44. The van der Waals surface area contributed by atoms with Crippen LogP contribution in [0.5, 0.6) is 0 Å². The van der Waals surface area contributed by atoms with Gasteiger partial charge in [-0.1, -0.05) is 25.5 Å². The summed E-state index contributed by atoms with van der Waals surface area (Å²) in [4.78, 5) is 0. The van der Waals surface area contributed by atoms with E-state index in [0.717, 1.165) is 18.4 Å². The maximum absolute atomic E-state index is 9.57. The normalized spacial score (nSPS) is 12.7. The van der Waals surface area contributed by atoms with Gasteiger partial charge in [0, 0.05) is 11.3 Å². The van der Waals surface area contributed by atoms with Crippen LogP contribution in [0.1, 0.15) is 31.6 Å². The number of nitrogens with two attached hydrogens (primary N) is 1. The van der Waals surface area contributed by atoms with Crippen molar-refractivity contribution in [3.63, 3.8) is 0 Å². The molecule has 0 spiro atoms. The van der Waals surface area contributed by atoms with E-state index in [0.29, 0.717) is 12.3 Å². The van der Waals surface area contributed by atoms with E-state index in [1.54, 1.807) is 24.3 Å². The lowest BCUT2D eigenvalue weighted by molar-refractivity contribution is -0.103. The lowest BCUT2D eigenvalue weighted by atomic mass is 10.2. The van der Waals surface area contributed by atoms with Gasteiger partial charge >= 0.3 is 0 Å². The monoisotopic (exact) mass is 195 g/mol. The molecular weight excluding hydrogens is 178 g/mol. The van der Waals surface area contributed by atoms with Gasteiger partial charge in [0.1, 0.15) is 0 Å². The minimum atomic E-state index is -0.831. The van der Waals surface area contributed by atoms with Crippen molar-refractivity contribution in [2.45, 2.75) is 26.1 Å². The summed E-state index contributed by atoms with van der Waals surface area (Å²) in [6.45, 7) is 2.67. The second kappa shape index (κ2) is 5.62.